The first-order valence-electron chi connectivity index (χ1n) is 4.68. The van der Waals surface area contributed by atoms with Gasteiger partial charge in [-0.15, -0.1) is 11.8 Å². The molecule has 1 aromatic carbocycles. The van der Waals surface area contributed by atoms with Crippen LogP contribution >= 0.6 is 11.8 Å². The zero-order valence-electron chi connectivity index (χ0n) is 8.45. The molecule has 1 aliphatic heterocycles. The Labute approximate surface area is 88.6 Å². The van der Waals surface area contributed by atoms with Gasteiger partial charge in [0.2, 0.25) is 0 Å². The van der Waals surface area contributed by atoms with Gasteiger partial charge in [-0.2, -0.15) is 0 Å². The number of benzene rings is 1. The molecule has 1 atom stereocenters. The molecular weight excluding hydrogens is 196 g/mol. The van der Waals surface area contributed by atoms with Gasteiger partial charge in [0.1, 0.15) is 18.5 Å². The van der Waals surface area contributed by atoms with Crippen LogP contribution in [0.5, 0.6) is 5.75 Å². The van der Waals surface area contributed by atoms with Crippen LogP contribution in [0.25, 0.3) is 0 Å². The first kappa shape index (κ1) is 9.87. The van der Waals surface area contributed by atoms with Crippen molar-refractivity contribution in [2.24, 2.45) is 0 Å². The zero-order chi connectivity index (χ0) is 9.97. The van der Waals surface area contributed by atoms with Crippen LogP contribution in [0.1, 0.15) is 5.56 Å². The Bertz CT molecular complexity index is 321. The second-order valence-corrected chi connectivity index (χ2v) is 4.25. The molecule has 0 aromatic heterocycles. The molecule has 1 aliphatic rings. The second kappa shape index (κ2) is 4.24. The van der Waals surface area contributed by atoms with Gasteiger partial charge in [0, 0.05) is 4.90 Å². The van der Waals surface area contributed by atoms with Crippen molar-refractivity contribution in [1.82, 2.24) is 0 Å². The molecule has 2 nitrogen and oxygen atoms in total. The number of aryl methyl sites for hydroxylation is 1. The number of rotatable bonds is 4. The SMILES string of the molecule is CSc1ccc(OC[C@H]2CO2)cc1C. The molecule has 0 spiro atoms. The van der Waals surface area contributed by atoms with E-state index in [0.29, 0.717) is 12.7 Å². The van der Waals surface area contributed by atoms with E-state index in [1.54, 1.807) is 11.8 Å². The summed E-state index contributed by atoms with van der Waals surface area (Å²) in [5.74, 6) is 0.941. The second-order valence-electron chi connectivity index (χ2n) is 3.40. The molecule has 1 aromatic rings. The van der Waals surface area contributed by atoms with Crippen molar-refractivity contribution in [1.29, 1.82) is 0 Å². The minimum Gasteiger partial charge on any atom is -0.491 e. The summed E-state index contributed by atoms with van der Waals surface area (Å²) in [4.78, 5) is 1.31. The van der Waals surface area contributed by atoms with Gasteiger partial charge in [-0.25, -0.2) is 0 Å². The largest absolute Gasteiger partial charge is 0.491 e. The molecule has 1 saturated heterocycles. The van der Waals surface area contributed by atoms with Crippen LogP contribution in [-0.4, -0.2) is 25.6 Å². The summed E-state index contributed by atoms with van der Waals surface area (Å²) in [5.41, 5.74) is 1.27. The Morgan fingerprint density at radius 3 is 2.93 bits per heavy atom. The molecule has 0 radical (unpaired) electrons. The van der Waals surface area contributed by atoms with Crippen LogP contribution in [-0.2, 0) is 4.74 Å². The average Bonchev–Trinajstić information content (AvgIpc) is 2.98. The minimum absolute atomic E-state index is 0.329. The molecule has 2 rings (SSSR count). The molecule has 0 N–H and O–H groups in total. The maximum Gasteiger partial charge on any atom is 0.119 e. The third-order valence-electron chi connectivity index (χ3n) is 2.20. The van der Waals surface area contributed by atoms with Crippen LogP contribution in [0, 0.1) is 6.92 Å². The lowest BCUT2D eigenvalue weighted by Crippen LogP contribution is -2.04. The first-order chi connectivity index (χ1) is 6.79. The van der Waals surface area contributed by atoms with Gasteiger partial charge in [0.15, 0.2) is 0 Å². The van der Waals surface area contributed by atoms with E-state index in [1.165, 1.54) is 10.5 Å². The van der Waals surface area contributed by atoms with E-state index >= 15 is 0 Å². The van der Waals surface area contributed by atoms with Gasteiger partial charge >= 0.3 is 0 Å². The molecule has 0 bridgehead atoms. The number of hydrogen-bond donors (Lipinski definition) is 0. The Morgan fingerprint density at radius 2 is 2.36 bits per heavy atom. The van der Waals surface area contributed by atoms with Crippen molar-refractivity contribution in [3.05, 3.63) is 23.8 Å². The standard InChI is InChI=1S/C11H14O2S/c1-8-5-9(3-4-11(8)14-2)12-6-10-7-13-10/h3-5,10H,6-7H2,1-2H3/t10-/m0/s1. The molecule has 3 heteroatoms. The third kappa shape index (κ3) is 2.42. The van der Waals surface area contributed by atoms with Gasteiger partial charge < -0.3 is 9.47 Å². The fourth-order valence-electron chi connectivity index (χ4n) is 1.29. The highest BCUT2D eigenvalue weighted by Gasteiger charge is 2.22. The van der Waals surface area contributed by atoms with Crippen molar-refractivity contribution < 1.29 is 9.47 Å². The normalized spacial score (nSPS) is 19.4. The van der Waals surface area contributed by atoms with E-state index in [4.69, 9.17) is 9.47 Å². The van der Waals surface area contributed by atoms with Gasteiger partial charge in [-0.3, -0.25) is 0 Å². The first-order valence-corrected chi connectivity index (χ1v) is 5.91. The lowest BCUT2D eigenvalue weighted by molar-refractivity contribution is 0.263. The number of ether oxygens (including phenoxy) is 2. The van der Waals surface area contributed by atoms with Crippen LogP contribution in [0.2, 0.25) is 0 Å². The van der Waals surface area contributed by atoms with Crippen molar-refractivity contribution in [3.8, 4) is 5.75 Å². The average molecular weight is 210 g/mol. The van der Waals surface area contributed by atoms with Crippen molar-refractivity contribution >= 4 is 11.8 Å². The summed E-state index contributed by atoms with van der Waals surface area (Å²) >= 11 is 1.76. The summed E-state index contributed by atoms with van der Waals surface area (Å²) in [5, 5.41) is 0. The number of hydrogen-bond acceptors (Lipinski definition) is 3. The summed E-state index contributed by atoms with van der Waals surface area (Å²) in [7, 11) is 0. The molecule has 0 saturated carbocycles. The van der Waals surface area contributed by atoms with E-state index in [2.05, 4.69) is 25.3 Å². The highest BCUT2D eigenvalue weighted by atomic mass is 32.2. The quantitative estimate of drug-likeness (QED) is 0.563. The third-order valence-corrected chi connectivity index (χ3v) is 3.10. The Kier molecular flexibility index (Phi) is 2.99. The van der Waals surface area contributed by atoms with Crippen LogP contribution in [0.3, 0.4) is 0 Å². The molecule has 1 heterocycles. The summed E-state index contributed by atoms with van der Waals surface area (Å²) in [6, 6.07) is 6.19. The molecule has 0 aliphatic carbocycles. The molecule has 1 fully saturated rings. The Hall–Kier alpha value is -0.670. The van der Waals surface area contributed by atoms with Gasteiger partial charge in [-0.1, -0.05) is 0 Å². The van der Waals surface area contributed by atoms with E-state index < -0.39 is 0 Å². The summed E-state index contributed by atoms with van der Waals surface area (Å²) in [6.07, 6.45) is 2.41. The Balaban J connectivity index is 1.99. The van der Waals surface area contributed by atoms with E-state index in [-0.39, 0.29) is 0 Å². The van der Waals surface area contributed by atoms with Crippen LogP contribution < -0.4 is 4.74 Å². The maximum absolute atomic E-state index is 5.58. The molecule has 14 heavy (non-hydrogen) atoms. The lowest BCUT2D eigenvalue weighted by atomic mass is 10.2. The predicted molar refractivity (Wildman–Crippen MR) is 58.2 cm³/mol. The van der Waals surface area contributed by atoms with Crippen molar-refractivity contribution in [2.75, 3.05) is 19.5 Å². The highest BCUT2D eigenvalue weighted by molar-refractivity contribution is 7.98. The fraction of sp³-hybridized carbons (Fsp3) is 0.455. The van der Waals surface area contributed by atoms with Crippen molar-refractivity contribution in [3.63, 3.8) is 0 Å². The molecular formula is C11H14O2S. The van der Waals surface area contributed by atoms with Crippen LogP contribution in [0.4, 0.5) is 0 Å². The minimum atomic E-state index is 0.329. The fourth-order valence-corrected chi connectivity index (χ4v) is 1.88. The maximum atomic E-state index is 5.58. The van der Waals surface area contributed by atoms with Gasteiger partial charge in [0.05, 0.1) is 6.61 Å². The predicted octanol–water partition coefficient (Wildman–Crippen LogP) is 2.49. The Morgan fingerprint density at radius 1 is 1.57 bits per heavy atom. The topological polar surface area (TPSA) is 21.8 Å². The zero-order valence-corrected chi connectivity index (χ0v) is 9.26. The smallest absolute Gasteiger partial charge is 0.119 e. The van der Waals surface area contributed by atoms with Gasteiger partial charge in [0.25, 0.3) is 0 Å². The van der Waals surface area contributed by atoms with Crippen molar-refractivity contribution in [2.45, 2.75) is 17.9 Å². The van der Waals surface area contributed by atoms with Crippen LogP contribution in [0.15, 0.2) is 23.1 Å². The van der Waals surface area contributed by atoms with Gasteiger partial charge in [-0.05, 0) is 36.9 Å². The van der Waals surface area contributed by atoms with E-state index in [1.807, 2.05) is 6.07 Å². The monoisotopic (exact) mass is 210 g/mol. The van der Waals surface area contributed by atoms with E-state index in [0.717, 1.165) is 12.4 Å². The number of epoxide rings is 1. The lowest BCUT2D eigenvalue weighted by Gasteiger charge is -2.07. The molecule has 0 amide bonds. The van der Waals surface area contributed by atoms with E-state index in [9.17, 15) is 0 Å². The number of thioether (sulfide) groups is 1. The highest BCUT2D eigenvalue weighted by Crippen LogP contribution is 2.24. The molecule has 76 valence electrons. The summed E-state index contributed by atoms with van der Waals surface area (Å²) in [6.45, 7) is 3.63. The molecule has 0 unspecified atom stereocenters. The summed E-state index contributed by atoms with van der Waals surface area (Å²) < 4.78 is 10.7.